The Labute approximate surface area is 177 Å². The molecule has 10 heteroatoms. The Morgan fingerprint density at radius 2 is 1.90 bits per heavy atom. The van der Waals surface area contributed by atoms with E-state index in [4.69, 9.17) is 23.2 Å². The Morgan fingerprint density at radius 1 is 1.07 bits per heavy atom. The zero-order chi connectivity index (χ0) is 20.6. The number of nitrogens with one attached hydrogen (secondary N) is 2. The van der Waals surface area contributed by atoms with Gasteiger partial charge < -0.3 is 10.3 Å². The smallest absolute Gasteiger partial charge is 0.357 e. The van der Waals surface area contributed by atoms with Crippen LogP contribution in [0.1, 0.15) is 22.3 Å². The van der Waals surface area contributed by atoms with E-state index in [0.29, 0.717) is 27.8 Å². The van der Waals surface area contributed by atoms with Crippen molar-refractivity contribution in [1.29, 1.82) is 0 Å². The number of aromatic nitrogens is 3. The highest BCUT2D eigenvalue weighted by atomic mass is 35.5. The first-order chi connectivity index (χ1) is 13.8. The first-order valence-corrected chi connectivity index (χ1v) is 10.1. The molecule has 4 rings (SSSR count). The fraction of sp³-hybridized carbons (Fsp3) is 0.158. The van der Waals surface area contributed by atoms with Crippen molar-refractivity contribution < 1.29 is 13.2 Å². The predicted molar refractivity (Wildman–Crippen MR) is 110 cm³/mol. The lowest BCUT2D eigenvalue weighted by molar-refractivity contribution is -0.138. The lowest BCUT2D eigenvalue weighted by Crippen LogP contribution is -2.13. The molecule has 4 nitrogen and oxygen atoms in total. The van der Waals surface area contributed by atoms with Gasteiger partial charge in [0.15, 0.2) is 5.13 Å². The standard InChI is InChI=1S/C19H13Cl2F3N4S/c20-13-5-14-11(7-26-17(14)27-9-13)3-10-4-12(8-28-18-25-1-2-29-18)15(6-16(10)21)19(22,23)24/h1-2,4-7,9H,3,8H2,(H,25,28)(H,26,27). The van der Waals surface area contributed by atoms with Crippen LogP contribution in [-0.4, -0.2) is 15.0 Å². The molecule has 0 aliphatic rings. The Bertz CT molecular complexity index is 1160. The van der Waals surface area contributed by atoms with Crippen LogP contribution in [0.5, 0.6) is 0 Å². The van der Waals surface area contributed by atoms with Crippen LogP contribution in [0.25, 0.3) is 11.0 Å². The second-order valence-corrected chi connectivity index (χ2v) is 8.07. The number of hydrogen-bond acceptors (Lipinski definition) is 4. The number of fused-ring (bicyclic) bond motifs is 1. The minimum atomic E-state index is -4.51. The first kappa shape index (κ1) is 20.0. The van der Waals surface area contributed by atoms with Gasteiger partial charge >= 0.3 is 6.18 Å². The minimum absolute atomic E-state index is 0.0200. The van der Waals surface area contributed by atoms with Gasteiger partial charge in [0.2, 0.25) is 0 Å². The fourth-order valence-electron chi connectivity index (χ4n) is 3.08. The van der Waals surface area contributed by atoms with E-state index in [0.717, 1.165) is 17.0 Å². The van der Waals surface area contributed by atoms with Crippen molar-refractivity contribution in [2.75, 3.05) is 5.32 Å². The maximum Gasteiger partial charge on any atom is 0.416 e. The van der Waals surface area contributed by atoms with Crippen LogP contribution in [0.2, 0.25) is 10.0 Å². The van der Waals surface area contributed by atoms with Crippen molar-refractivity contribution in [2.24, 2.45) is 0 Å². The SMILES string of the molecule is FC(F)(F)c1cc(Cl)c(Cc2c[nH]c3ncc(Cl)cc23)cc1CNc1nccs1. The highest BCUT2D eigenvalue weighted by molar-refractivity contribution is 7.13. The number of H-pyrrole nitrogens is 1. The maximum absolute atomic E-state index is 13.5. The van der Waals surface area contributed by atoms with E-state index in [1.807, 2.05) is 0 Å². The summed E-state index contributed by atoms with van der Waals surface area (Å²) in [4.78, 5) is 11.3. The number of aromatic amines is 1. The average Bonchev–Trinajstić information content (AvgIpc) is 3.31. The van der Waals surface area contributed by atoms with Crippen LogP contribution < -0.4 is 5.32 Å². The summed E-state index contributed by atoms with van der Waals surface area (Å²) in [7, 11) is 0. The molecule has 3 aromatic heterocycles. The Morgan fingerprint density at radius 3 is 2.62 bits per heavy atom. The number of nitrogens with zero attached hydrogens (tertiary/aromatic N) is 2. The number of rotatable bonds is 5. The zero-order valence-corrected chi connectivity index (χ0v) is 17.0. The van der Waals surface area contributed by atoms with E-state index < -0.39 is 11.7 Å². The predicted octanol–water partition coefficient (Wildman–Crippen LogP) is 6.55. The Kier molecular flexibility index (Phi) is 5.42. The molecule has 0 amide bonds. The molecule has 1 aromatic carbocycles. The van der Waals surface area contributed by atoms with Crippen LogP contribution in [0, 0.1) is 0 Å². The van der Waals surface area contributed by atoms with E-state index in [9.17, 15) is 13.2 Å². The molecule has 0 spiro atoms. The molecule has 0 radical (unpaired) electrons. The molecule has 0 fully saturated rings. The van der Waals surface area contributed by atoms with E-state index >= 15 is 0 Å². The van der Waals surface area contributed by atoms with Crippen molar-refractivity contribution >= 4 is 50.7 Å². The van der Waals surface area contributed by atoms with Crippen molar-refractivity contribution in [3.8, 4) is 0 Å². The molecule has 0 aliphatic heterocycles. The molecule has 0 unspecified atom stereocenters. The minimum Gasteiger partial charge on any atom is -0.357 e. The van der Waals surface area contributed by atoms with Gasteiger partial charge in [-0.05, 0) is 28.8 Å². The molecule has 0 saturated carbocycles. The summed E-state index contributed by atoms with van der Waals surface area (Å²) in [5, 5.41) is 6.56. The number of halogens is 5. The van der Waals surface area contributed by atoms with E-state index in [2.05, 4.69) is 20.3 Å². The zero-order valence-electron chi connectivity index (χ0n) is 14.6. The van der Waals surface area contributed by atoms with Gasteiger partial charge in [0, 0.05) is 47.3 Å². The average molecular weight is 457 g/mol. The second-order valence-electron chi connectivity index (χ2n) is 6.33. The lowest BCUT2D eigenvalue weighted by Gasteiger charge is -2.16. The van der Waals surface area contributed by atoms with E-state index in [1.165, 1.54) is 23.6 Å². The molecule has 0 bridgehead atoms. The van der Waals surface area contributed by atoms with Crippen molar-refractivity contribution in [3.63, 3.8) is 0 Å². The van der Waals surface area contributed by atoms with Crippen LogP contribution in [0.3, 0.4) is 0 Å². The number of thiazole rings is 1. The maximum atomic E-state index is 13.5. The van der Waals surface area contributed by atoms with Gasteiger partial charge in [-0.3, -0.25) is 0 Å². The number of benzene rings is 1. The van der Waals surface area contributed by atoms with Gasteiger partial charge in [-0.25, -0.2) is 9.97 Å². The Balaban J connectivity index is 1.70. The monoisotopic (exact) mass is 456 g/mol. The summed E-state index contributed by atoms with van der Waals surface area (Å²) in [5.74, 6) is 0. The van der Waals surface area contributed by atoms with Crippen LogP contribution in [0.15, 0.2) is 42.2 Å². The van der Waals surface area contributed by atoms with Gasteiger partial charge in [-0.15, -0.1) is 11.3 Å². The highest BCUT2D eigenvalue weighted by Gasteiger charge is 2.34. The van der Waals surface area contributed by atoms with Gasteiger partial charge in [-0.1, -0.05) is 29.3 Å². The molecular weight excluding hydrogens is 444 g/mol. The van der Waals surface area contributed by atoms with Crippen molar-refractivity contribution in [1.82, 2.24) is 15.0 Å². The van der Waals surface area contributed by atoms with E-state index in [1.54, 1.807) is 23.8 Å². The number of pyridine rings is 1. The molecule has 0 aliphatic carbocycles. The van der Waals surface area contributed by atoms with Gasteiger partial charge in [0.05, 0.1) is 10.6 Å². The lowest BCUT2D eigenvalue weighted by atomic mass is 9.98. The summed E-state index contributed by atoms with van der Waals surface area (Å²) in [6.45, 7) is -0.0200. The second kappa shape index (κ2) is 7.85. The van der Waals surface area contributed by atoms with Gasteiger partial charge in [0.25, 0.3) is 0 Å². The van der Waals surface area contributed by atoms with Crippen molar-refractivity contribution in [2.45, 2.75) is 19.1 Å². The molecular formula is C19H13Cl2F3N4S. The molecule has 3 heterocycles. The topological polar surface area (TPSA) is 53.6 Å². The summed E-state index contributed by atoms with van der Waals surface area (Å²) >= 11 is 13.6. The largest absolute Gasteiger partial charge is 0.416 e. The summed E-state index contributed by atoms with van der Waals surface area (Å²) < 4.78 is 40.6. The van der Waals surface area contributed by atoms with Crippen LogP contribution >= 0.6 is 34.5 Å². The Hall–Kier alpha value is -2.29. The molecule has 29 heavy (non-hydrogen) atoms. The molecule has 2 N–H and O–H groups in total. The normalized spacial score (nSPS) is 11.9. The number of alkyl halides is 3. The van der Waals surface area contributed by atoms with Gasteiger partial charge in [-0.2, -0.15) is 13.2 Å². The highest BCUT2D eigenvalue weighted by Crippen LogP contribution is 2.37. The molecule has 0 saturated heterocycles. The van der Waals surface area contributed by atoms with Crippen LogP contribution in [0.4, 0.5) is 18.3 Å². The van der Waals surface area contributed by atoms with Crippen molar-refractivity contribution in [3.05, 3.63) is 74.5 Å². The number of hydrogen-bond donors (Lipinski definition) is 2. The van der Waals surface area contributed by atoms with Gasteiger partial charge in [0.1, 0.15) is 5.65 Å². The molecule has 150 valence electrons. The summed E-state index contributed by atoms with van der Waals surface area (Å²) in [5.41, 5.74) is 1.41. The summed E-state index contributed by atoms with van der Waals surface area (Å²) in [6.07, 6.45) is 0.692. The third-order valence-corrected chi connectivity index (χ3v) is 5.69. The molecule has 0 atom stereocenters. The quantitative estimate of drug-likeness (QED) is 0.358. The third kappa shape index (κ3) is 4.34. The summed E-state index contributed by atoms with van der Waals surface area (Å²) in [6, 6.07) is 4.23. The number of anilines is 1. The fourth-order valence-corrected chi connectivity index (χ4v) is 4.00. The third-order valence-electron chi connectivity index (χ3n) is 4.40. The first-order valence-electron chi connectivity index (χ1n) is 8.44. The molecule has 4 aromatic rings. The van der Waals surface area contributed by atoms with Crippen LogP contribution in [-0.2, 0) is 19.1 Å². The van der Waals surface area contributed by atoms with E-state index in [-0.39, 0.29) is 17.1 Å².